The average Bonchev–Trinajstić information content (AvgIpc) is 3.03. The highest BCUT2D eigenvalue weighted by molar-refractivity contribution is 8.72. The number of esters is 1. The van der Waals surface area contributed by atoms with Crippen LogP contribution < -0.4 is 0 Å². The van der Waals surface area contributed by atoms with Crippen molar-refractivity contribution < 1.29 is 9.53 Å². The molecule has 1 aromatic carbocycles. The van der Waals surface area contributed by atoms with Crippen LogP contribution >= 0.6 is 16.6 Å². The second kappa shape index (κ2) is 5.26. The van der Waals surface area contributed by atoms with Gasteiger partial charge in [0.1, 0.15) is 0 Å². The molecule has 1 saturated carbocycles. The number of rotatable bonds is 4. The van der Waals surface area contributed by atoms with Crippen molar-refractivity contribution in [3.05, 3.63) is 41.7 Å². The average molecular weight is 338 g/mol. The highest BCUT2D eigenvalue weighted by Crippen LogP contribution is 2.87. The van der Waals surface area contributed by atoms with E-state index in [9.17, 15) is 4.79 Å². The normalized spacial score (nSPS) is 36.8. The summed E-state index contributed by atoms with van der Waals surface area (Å²) in [5.74, 6) is 2.17. The number of carbonyl (C=O) groups excluding carboxylic acids is 1. The van der Waals surface area contributed by atoms with E-state index in [4.69, 9.17) is 16.5 Å². The quantitative estimate of drug-likeness (QED) is 0.589. The largest absolute Gasteiger partial charge is 0.466 e. The molecule has 2 nitrogen and oxygen atoms in total. The van der Waals surface area contributed by atoms with Crippen LogP contribution in [0.5, 0.6) is 0 Å². The first-order valence-electron chi connectivity index (χ1n) is 7.14. The van der Waals surface area contributed by atoms with Gasteiger partial charge in [-0.15, -0.1) is 0 Å². The lowest BCUT2D eigenvalue weighted by Crippen LogP contribution is -2.13. The maximum atomic E-state index is 12.2. The van der Waals surface area contributed by atoms with Crippen LogP contribution in [0.1, 0.15) is 20.8 Å². The fraction of sp³-hybridized carbons (Fsp3) is 0.438. The van der Waals surface area contributed by atoms with Gasteiger partial charge in [0, 0.05) is 21.2 Å². The molecule has 0 saturated heterocycles. The standard InChI is InChI=1S/C16H19O2PS2/c1-4-18-15(17)13-14-16(13,3)11(2)10-19(14,20)21-12-8-6-5-7-9-12/h5-10,13-14H,4H2,1-3H3. The predicted molar refractivity (Wildman–Crippen MR) is 92.4 cm³/mol. The van der Waals surface area contributed by atoms with Gasteiger partial charge in [0.25, 0.3) is 0 Å². The van der Waals surface area contributed by atoms with E-state index in [2.05, 4.69) is 31.8 Å². The summed E-state index contributed by atoms with van der Waals surface area (Å²) in [6, 6.07) is 10.3. The third-order valence-corrected chi connectivity index (χ3v) is 11.9. The lowest BCUT2D eigenvalue weighted by Gasteiger charge is -2.16. The van der Waals surface area contributed by atoms with Gasteiger partial charge in [0.15, 0.2) is 0 Å². The molecule has 5 heteroatoms. The number of allylic oxidation sites excluding steroid dienone is 1. The van der Waals surface area contributed by atoms with Crippen molar-refractivity contribution in [2.75, 3.05) is 6.61 Å². The Morgan fingerprint density at radius 1 is 1.43 bits per heavy atom. The Morgan fingerprint density at radius 2 is 2.10 bits per heavy atom. The van der Waals surface area contributed by atoms with Crippen molar-refractivity contribution in [3.8, 4) is 0 Å². The van der Waals surface area contributed by atoms with Crippen molar-refractivity contribution >= 4 is 34.4 Å². The molecule has 1 aliphatic carbocycles. The van der Waals surface area contributed by atoms with Crippen LogP contribution in [0.4, 0.5) is 0 Å². The Hall–Kier alpha value is -0.570. The first-order valence-corrected chi connectivity index (χ1v) is 11.5. The van der Waals surface area contributed by atoms with Gasteiger partial charge in [0.2, 0.25) is 0 Å². The van der Waals surface area contributed by atoms with Crippen LogP contribution in [-0.4, -0.2) is 18.2 Å². The SMILES string of the molecule is CCOC(=O)C1C2C1(C)C(C)=CP2(=S)Sc1ccccc1. The van der Waals surface area contributed by atoms with Crippen molar-refractivity contribution in [2.24, 2.45) is 11.3 Å². The molecule has 1 heterocycles. The first-order chi connectivity index (χ1) is 9.93. The van der Waals surface area contributed by atoms with Gasteiger partial charge in [-0.25, -0.2) is 0 Å². The summed E-state index contributed by atoms with van der Waals surface area (Å²) in [5.41, 5.74) is 1.48. The zero-order chi connectivity index (χ0) is 15.3. The van der Waals surface area contributed by atoms with E-state index >= 15 is 0 Å². The van der Waals surface area contributed by atoms with Gasteiger partial charge < -0.3 is 4.74 Å². The van der Waals surface area contributed by atoms with Gasteiger partial charge in [0.05, 0.1) is 12.5 Å². The lowest BCUT2D eigenvalue weighted by atomic mass is 9.98. The predicted octanol–water partition coefficient (Wildman–Crippen LogP) is 4.66. The molecule has 3 rings (SSSR count). The molecule has 0 radical (unpaired) electrons. The molecule has 0 amide bonds. The summed E-state index contributed by atoms with van der Waals surface area (Å²) in [5, 5.41) is -1.78. The zero-order valence-electron chi connectivity index (χ0n) is 12.4. The summed E-state index contributed by atoms with van der Waals surface area (Å²) in [7, 11) is 0. The Bertz CT molecular complexity index is 656. The second-order valence-electron chi connectivity index (χ2n) is 5.82. The summed E-state index contributed by atoms with van der Waals surface area (Å²) < 4.78 is 5.26. The molecule has 0 spiro atoms. The van der Waals surface area contributed by atoms with E-state index in [0.29, 0.717) is 6.61 Å². The summed E-state index contributed by atoms with van der Waals surface area (Å²) >= 11 is 7.82. The minimum Gasteiger partial charge on any atom is -0.466 e. The molecule has 0 N–H and O–H groups in total. The molecule has 4 unspecified atom stereocenters. The van der Waals surface area contributed by atoms with E-state index in [1.54, 1.807) is 11.4 Å². The van der Waals surface area contributed by atoms with Crippen LogP contribution in [0, 0.1) is 11.3 Å². The zero-order valence-corrected chi connectivity index (χ0v) is 14.9. The summed E-state index contributed by atoms with van der Waals surface area (Å²) in [4.78, 5) is 13.4. The molecule has 112 valence electrons. The Morgan fingerprint density at radius 3 is 2.71 bits per heavy atom. The van der Waals surface area contributed by atoms with Crippen LogP contribution in [-0.2, 0) is 21.3 Å². The molecule has 1 aliphatic heterocycles. The smallest absolute Gasteiger partial charge is 0.310 e. The van der Waals surface area contributed by atoms with Crippen molar-refractivity contribution in [1.29, 1.82) is 0 Å². The maximum Gasteiger partial charge on any atom is 0.310 e. The minimum atomic E-state index is -1.78. The Labute approximate surface area is 135 Å². The van der Waals surface area contributed by atoms with Gasteiger partial charge in [-0.3, -0.25) is 4.79 Å². The number of carbonyl (C=O) groups is 1. The maximum absolute atomic E-state index is 12.2. The van der Waals surface area contributed by atoms with E-state index in [1.165, 1.54) is 10.5 Å². The second-order valence-corrected chi connectivity index (χ2v) is 13.4. The highest BCUT2D eigenvalue weighted by atomic mass is 32.9. The van der Waals surface area contributed by atoms with Crippen molar-refractivity contribution in [1.82, 2.24) is 0 Å². The van der Waals surface area contributed by atoms with E-state index < -0.39 is 5.24 Å². The van der Waals surface area contributed by atoms with E-state index in [-0.39, 0.29) is 23.0 Å². The minimum absolute atomic E-state index is 0.0375. The van der Waals surface area contributed by atoms with Gasteiger partial charge >= 0.3 is 5.97 Å². The fourth-order valence-corrected chi connectivity index (χ4v) is 12.6. The van der Waals surface area contributed by atoms with Crippen molar-refractivity contribution in [3.63, 3.8) is 0 Å². The number of fused-ring (bicyclic) bond motifs is 1. The van der Waals surface area contributed by atoms with E-state index in [1.807, 2.05) is 25.1 Å². The number of hydrogen-bond acceptors (Lipinski definition) is 4. The number of hydrogen-bond donors (Lipinski definition) is 0. The topological polar surface area (TPSA) is 26.3 Å². The summed E-state index contributed by atoms with van der Waals surface area (Å²) in [6.45, 7) is 6.59. The lowest BCUT2D eigenvalue weighted by molar-refractivity contribution is -0.145. The van der Waals surface area contributed by atoms with Gasteiger partial charge in [-0.1, -0.05) is 53.9 Å². The number of benzene rings is 1. The molecule has 21 heavy (non-hydrogen) atoms. The molecular weight excluding hydrogens is 319 g/mol. The molecule has 1 aromatic rings. The first kappa shape index (κ1) is 15.3. The Balaban J connectivity index is 1.88. The van der Waals surface area contributed by atoms with Crippen LogP contribution in [0.25, 0.3) is 0 Å². The van der Waals surface area contributed by atoms with Crippen LogP contribution in [0.2, 0.25) is 0 Å². The summed E-state index contributed by atoms with van der Waals surface area (Å²) in [6.07, 6.45) is 0. The Kier molecular flexibility index (Phi) is 3.84. The highest BCUT2D eigenvalue weighted by Gasteiger charge is 2.74. The van der Waals surface area contributed by atoms with Crippen molar-refractivity contribution in [2.45, 2.75) is 31.3 Å². The molecule has 2 aliphatic rings. The van der Waals surface area contributed by atoms with Crippen LogP contribution in [0.15, 0.2) is 46.6 Å². The molecule has 0 bridgehead atoms. The fourth-order valence-electron chi connectivity index (χ4n) is 3.37. The van der Waals surface area contributed by atoms with Gasteiger partial charge in [-0.2, -0.15) is 0 Å². The monoisotopic (exact) mass is 338 g/mol. The van der Waals surface area contributed by atoms with Crippen LogP contribution in [0.3, 0.4) is 0 Å². The molecule has 0 aromatic heterocycles. The molecule has 4 atom stereocenters. The molecular formula is C16H19O2PS2. The third-order valence-electron chi connectivity index (χ3n) is 4.61. The third kappa shape index (κ3) is 2.32. The number of ether oxygens (including phenoxy) is 1. The van der Waals surface area contributed by atoms with Gasteiger partial charge in [-0.05, 0) is 31.8 Å². The molecule has 1 fully saturated rings. The van der Waals surface area contributed by atoms with E-state index in [0.717, 1.165) is 0 Å².